The summed E-state index contributed by atoms with van der Waals surface area (Å²) < 4.78 is 0. The van der Waals surface area contributed by atoms with Crippen LogP contribution in [0, 0.1) is 13.8 Å². The molecule has 0 spiro atoms. The summed E-state index contributed by atoms with van der Waals surface area (Å²) in [6.07, 6.45) is 0. The van der Waals surface area contributed by atoms with Crippen molar-refractivity contribution < 1.29 is 9.59 Å². The summed E-state index contributed by atoms with van der Waals surface area (Å²) in [7, 11) is 1.58. The van der Waals surface area contributed by atoms with E-state index in [-0.39, 0.29) is 12.5 Å². The zero-order valence-corrected chi connectivity index (χ0v) is 17.2. The van der Waals surface area contributed by atoms with Gasteiger partial charge >= 0.3 is 0 Å². The maximum atomic E-state index is 13.0. The Morgan fingerprint density at radius 3 is 2.43 bits per heavy atom. The molecule has 7 heteroatoms. The summed E-state index contributed by atoms with van der Waals surface area (Å²) in [6.45, 7) is 3.65. The third kappa shape index (κ3) is 4.26. The number of aryl methyl sites for hydroxylation is 2. The first kappa shape index (κ1) is 20.1. The average molecular weight is 416 g/mol. The number of carbonyl (C=O) groups excluding carboxylic acids is 2. The number of likely N-dealkylation sites (N-methyl/N-ethyl adjacent to an activating group) is 1. The van der Waals surface area contributed by atoms with Gasteiger partial charge in [0.2, 0.25) is 5.91 Å². The molecule has 2 aromatic carbocycles. The van der Waals surface area contributed by atoms with Crippen LogP contribution in [-0.4, -0.2) is 35.3 Å². The number of rotatable bonds is 4. The van der Waals surface area contributed by atoms with Crippen molar-refractivity contribution >= 4 is 51.6 Å². The van der Waals surface area contributed by atoms with Crippen molar-refractivity contribution in [3.8, 4) is 0 Å². The van der Waals surface area contributed by atoms with Gasteiger partial charge < -0.3 is 10.2 Å². The van der Waals surface area contributed by atoms with Crippen molar-refractivity contribution in [1.29, 1.82) is 0 Å². The van der Waals surface area contributed by atoms with Gasteiger partial charge in [0.1, 0.15) is 0 Å². The van der Waals surface area contributed by atoms with Gasteiger partial charge in [-0.05, 0) is 44.2 Å². The Bertz CT molecular complexity index is 1060. The number of hydrogen-bond donors (Lipinski definition) is 1. The number of aromatic nitrogens is 1. The van der Waals surface area contributed by atoms with Gasteiger partial charge in [0.25, 0.3) is 5.91 Å². The van der Waals surface area contributed by atoms with Crippen LogP contribution < -0.4 is 5.32 Å². The SMILES string of the molecule is Cc1ccc2nc(C)cc(C(=O)N(C)CC(=O)Nc3c(Cl)cccc3Cl)c2c1. The molecular formula is C21H19Cl2N3O2. The van der Waals surface area contributed by atoms with E-state index in [9.17, 15) is 9.59 Å². The van der Waals surface area contributed by atoms with E-state index in [2.05, 4.69) is 10.3 Å². The second kappa shape index (κ2) is 8.17. The molecule has 0 saturated carbocycles. The first-order valence-electron chi connectivity index (χ1n) is 8.63. The molecule has 28 heavy (non-hydrogen) atoms. The molecule has 0 aliphatic rings. The smallest absolute Gasteiger partial charge is 0.254 e. The predicted octanol–water partition coefficient (Wildman–Crippen LogP) is 4.87. The molecule has 1 aromatic heterocycles. The molecule has 1 heterocycles. The monoisotopic (exact) mass is 415 g/mol. The highest BCUT2D eigenvalue weighted by atomic mass is 35.5. The highest BCUT2D eigenvalue weighted by Gasteiger charge is 2.19. The standard InChI is InChI=1S/C21H19Cl2N3O2/c1-12-7-8-18-14(9-12)15(10-13(2)24-18)21(28)26(3)11-19(27)25-20-16(22)5-4-6-17(20)23/h4-10H,11H2,1-3H3,(H,25,27). The van der Waals surface area contributed by atoms with Crippen molar-refractivity contribution in [2.75, 3.05) is 18.9 Å². The van der Waals surface area contributed by atoms with Crippen LogP contribution in [0.1, 0.15) is 21.6 Å². The Kier molecular flexibility index (Phi) is 5.87. The van der Waals surface area contributed by atoms with Crippen molar-refractivity contribution in [2.45, 2.75) is 13.8 Å². The molecule has 1 N–H and O–H groups in total. The highest BCUT2D eigenvalue weighted by Crippen LogP contribution is 2.29. The maximum Gasteiger partial charge on any atom is 0.254 e. The molecule has 2 amide bonds. The molecule has 0 aliphatic heterocycles. The van der Waals surface area contributed by atoms with Gasteiger partial charge in [0, 0.05) is 18.1 Å². The Balaban J connectivity index is 1.82. The molecular weight excluding hydrogens is 397 g/mol. The van der Waals surface area contributed by atoms with Gasteiger partial charge in [-0.2, -0.15) is 0 Å². The molecule has 0 aliphatic carbocycles. The number of carbonyl (C=O) groups is 2. The predicted molar refractivity (Wildman–Crippen MR) is 113 cm³/mol. The number of halogens is 2. The zero-order chi connectivity index (χ0) is 20.4. The van der Waals surface area contributed by atoms with E-state index < -0.39 is 5.91 Å². The number of benzene rings is 2. The number of fused-ring (bicyclic) bond motifs is 1. The fourth-order valence-corrected chi connectivity index (χ4v) is 3.43. The summed E-state index contributed by atoms with van der Waals surface area (Å²) in [4.78, 5) is 31.3. The van der Waals surface area contributed by atoms with E-state index >= 15 is 0 Å². The second-order valence-electron chi connectivity index (χ2n) is 6.64. The minimum Gasteiger partial charge on any atom is -0.332 e. The minimum absolute atomic E-state index is 0.144. The Hall–Kier alpha value is -2.63. The lowest BCUT2D eigenvalue weighted by Gasteiger charge is -2.19. The summed E-state index contributed by atoms with van der Waals surface area (Å²) in [6, 6.07) is 12.5. The number of pyridine rings is 1. The third-order valence-corrected chi connectivity index (χ3v) is 4.91. The maximum absolute atomic E-state index is 13.0. The van der Waals surface area contributed by atoms with Gasteiger partial charge in [-0.1, -0.05) is 40.9 Å². The quantitative estimate of drug-likeness (QED) is 0.660. The fourth-order valence-electron chi connectivity index (χ4n) is 2.94. The average Bonchev–Trinajstić information content (AvgIpc) is 2.64. The summed E-state index contributed by atoms with van der Waals surface area (Å²) in [5, 5.41) is 4.09. The number of hydrogen-bond acceptors (Lipinski definition) is 3. The summed E-state index contributed by atoms with van der Waals surface area (Å²) in [5.41, 5.74) is 3.35. The highest BCUT2D eigenvalue weighted by molar-refractivity contribution is 6.39. The minimum atomic E-state index is -0.392. The Labute approximate surface area is 173 Å². The molecule has 3 rings (SSSR count). The largest absolute Gasteiger partial charge is 0.332 e. The molecule has 5 nitrogen and oxygen atoms in total. The summed E-state index contributed by atoms with van der Waals surface area (Å²) in [5.74, 6) is -0.654. The van der Waals surface area contributed by atoms with Crippen molar-refractivity contribution in [1.82, 2.24) is 9.88 Å². The van der Waals surface area contributed by atoms with Gasteiger partial charge in [-0.3, -0.25) is 14.6 Å². The van der Waals surface area contributed by atoms with E-state index in [1.165, 1.54) is 4.90 Å². The number of para-hydroxylation sites is 1. The Morgan fingerprint density at radius 1 is 1.07 bits per heavy atom. The van der Waals surface area contributed by atoms with E-state index in [0.717, 1.165) is 22.2 Å². The van der Waals surface area contributed by atoms with Crippen LogP contribution in [0.5, 0.6) is 0 Å². The first-order chi connectivity index (χ1) is 13.3. The zero-order valence-electron chi connectivity index (χ0n) is 15.7. The van der Waals surface area contributed by atoms with Crippen LogP contribution in [0.15, 0.2) is 42.5 Å². The molecule has 0 saturated heterocycles. The van der Waals surface area contributed by atoms with Crippen molar-refractivity contribution in [3.63, 3.8) is 0 Å². The lowest BCUT2D eigenvalue weighted by Crippen LogP contribution is -2.35. The van der Waals surface area contributed by atoms with Crippen LogP contribution >= 0.6 is 23.2 Å². The third-order valence-electron chi connectivity index (χ3n) is 4.28. The van der Waals surface area contributed by atoms with E-state index in [4.69, 9.17) is 23.2 Å². The van der Waals surface area contributed by atoms with Crippen LogP contribution in [0.25, 0.3) is 10.9 Å². The summed E-state index contributed by atoms with van der Waals surface area (Å²) >= 11 is 12.2. The second-order valence-corrected chi connectivity index (χ2v) is 7.45. The van der Waals surface area contributed by atoms with E-state index in [1.807, 2.05) is 32.0 Å². The van der Waals surface area contributed by atoms with Crippen LogP contribution in [0.2, 0.25) is 10.0 Å². The van der Waals surface area contributed by atoms with Crippen LogP contribution in [-0.2, 0) is 4.79 Å². The molecule has 0 unspecified atom stereocenters. The van der Waals surface area contributed by atoms with Gasteiger partial charge in [0.05, 0.1) is 33.4 Å². The van der Waals surface area contributed by atoms with Crippen molar-refractivity contribution in [2.24, 2.45) is 0 Å². The van der Waals surface area contributed by atoms with Crippen LogP contribution in [0.3, 0.4) is 0 Å². The molecule has 0 bridgehead atoms. The van der Waals surface area contributed by atoms with E-state index in [0.29, 0.717) is 21.3 Å². The lowest BCUT2D eigenvalue weighted by atomic mass is 10.0. The number of anilines is 1. The topological polar surface area (TPSA) is 62.3 Å². The molecule has 0 radical (unpaired) electrons. The molecule has 3 aromatic rings. The Morgan fingerprint density at radius 2 is 1.75 bits per heavy atom. The normalized spacial score (nSPS) is 10.8. The van der Waals surface area contributed by atoms with Gasteiger partial charge in [-0.25, -0.2) is 0 Å². The number of amides is 2. The lowest BCUT2D eigenvalue weighted by molar-refractivity contribution is -0.116. The van der Waals surface area contributed by atoms with E-state index in [1.54, 1.807) is 31.3 Å². The first-order valence-corrected chi connectivity index (χ1v) is 9.39. The molecule has 144 valence electrons. The van der Waals surface area contributed by atoms with Gasteiger partial charge in [-0.15, -0.1) is 0 Å². The van der Waals surface area contributed by atoms with Crippen LogP contribution in [0.4, 0.5) is 5.69 Å². The fraction of sp³-hybridized carbons (Fsp3) is 0.190. The number of nitrogens with one attached hydrogen (secondary N) is 1. The van der Waals surface area contributed by atoms with Crippen molar-refractivity contribution in [3.05, 3.63) is 69.3 Å². The number of nitrogens with zero attached hydrogens (tertiary/aromatic N) is 2. The molecule has 0 atom stereocenters. The molecule has 0 fully saturated rings. The van der Waals surface area contributed by atoms with Gasteiger partial charge in [0.15, 0.2) is 0 Å².